The topological polar surface area (TPSA) is 78.1 Å². The van der Waals surface area contributed by atoms with Crippen LogP contribution in [0.1, 0.15) is 53.0 Å². The summed E-state index contributed by atoms with van der Waals surface area (Å²) in [6.07, 6.45) is 8.46. The minimum Gasteiger partial charge on any atom is -0.352 e. The van der Waals surface area contributed by atoms with Gasteiger partial charge in [0.25, 0.3) is 5.91 Å². The molecule has 0 radical (unpaired) electrons. The highest BCUT2D eigenvalue weighted by atomic mass is 32.1. The predicted octanol–water partition coefficient (Wildman–Crippen LogP) is 4.27. The number of H-pyrrole nitrogens is 1. The summed E-state index contributed by atoms with van der Waals surface area (Å²) < 4.78 is 1.14. The van der Waals surface area contributed by atoms with E-state index in [1.807, 2.05) is 23.1 Å². The molecule has 1 atom stereocenters. The number of fused-ring (bicyclic) bond motifs is 1. The minimum atomic E-state index is 0.0809. The Kier molecular flexibility index (Phi) is 5.30. The number of piperidine rings is 1. The van der Waals surface area contributed by atoms with E-state index in [0.717, 1.165) is 61.0 Å². The minimum absolute atomic E-state index is 0.0809. The van der Waals surface area contributed by atoms with Gasteiger partial charge in [0.05, 0.1) is 10.2 Å². The maximum atomic E-state index is 13.0. The molecule has 6 nitrogen and oxygen atoms in total. The second-order valence-corrected chi connectivity index (χ2v) is 10.4. The summed E-state index contributed by atoms with van der Waals surface area (Å²) in [5.74, 6) is 0.331. The summed E-state index contributed by atoms with van der Waals surface area (Å²) in [5, 5.41) is 3.08. The van der Waals surface area contributed by atoms with Crippen LogP contribution < -0.4 is 5.32 Å². The second kappa shape index (κ2) is 8.11. The molecule has 1 aliphatic heterocycles. The zero-order chi connectivity index (χ0) is 21.4. The molecule has 1 aliphatic carbocycles. The highest BCUT2D eigenvalue weighted by molar-refractivity contribution is 7.19. The number of hydrogen-bond acceptors (Lipinski definition) is 4. The van der Waals surface area contributed by atoms with Gasteiger partial charge in [-0.15, -0.1) is 11.3 Å². The molecule has 0 aromatic carbocycles. The number of aromatic nitrogens is 2. The Labute approximate surface area is 186 Å². The van der Waals surface area contributed by atoms with E-state index < -0.39 is 0 Å². The van der Waals surface area contributed by atoms with Crippen LogP contribution in [0, 0.1) is 18.3 Å². The van der Waals surface area contributed by atoms with Crippen molar-refractivity contribution in [1.29, 1.82) is 0 Å². The summed E-state index contributed by atoms with van der Waals surface area (Å²) in [6, 6.07) is 7.95. The van der Waals surface area contributed by atoms with Gasteiger partial charge in [-0.1, -0.05) is 6.07 Å². The maximum Gasteiger partial charge on any atom is 0.270 e. The average molecular weight is 437 g/mol. The lowest BCUT2D eigenvalue weighted by atomic mass is 9.76. The molecule has 31 heavy (non-hydrogen) atoms. The molecule has 2 N–H and O–H groups in total. The van der Waals surface area contributed by atoms with E-state index in [1.54, 1.807) is 23.7 Å². The Morgan fingerprint density at radius 3 is 2.87 bits per heavy atom. The number of likely N-dealkylation sites (tertiary alicyclic amines) is 1. The quantitative estimate of drug-likeness (QED) is 0.641. The number of carbonyl (C=O) groups is 2. The summed E-state index contributed by atoms with van der Waals surface area (Å²) in [7, 11) is 0. The van der Waals surface area contributed by atoms with Gasteiger partial charge in [0.2, 0.25) is 5.91 Å². The van der Waals surface area contributed by atoms with Crippen molar-refractivity contribution in [3.63, 3.8) is 0 Å². The summed E-state index contributed by atoms with van der Waals surface area (Å²) >= 11 is 1.71. The number of aromatic amines is 1. The second-order valence-electron chi connectivity index (χ2n) is 9.13. The van der Waals surface area contributed by atoms with Gasteiger partial charge in [-0.25, -0.2) is 0 Å². The molecule has 0 bridgehead atoms. The first kappa shape index (κ1) is 20.2. The first-order chi connectivity index (χ1) is 15.0. The maximum absolute atomic E-state index is 13.0. The van der Waals surface area contributed by atoms with Crippen LogP contribution in [0.4, 0.5) is 0 Å². The first-order valence-corrected chi connectivity index (χ1v) is 11.9. The number of nitrogens with zero attached hydrogens (tertiary/aromatic N) is 2. The number of thiophene rings is 1. The molecule has 1 spiro atoms. The SMILES string of the molecule is Cc1cc2[nH]c(C(=O)N3CCC4(CCC(C(=O)NCc5cccnc5)C4)CC3)cc2s1. The van der Waals surface area contributed by atoms with Crippen LogP contribution >= 0.6 is 11.3 Å². The van der Waals surface area contributed by atoms with Crippen LogP contribution in [0.25, 0.3) is 10.2 Å². The van der Waals surface area contributed by atoms with Crippen molar-refractivity contribution in [2.45, 2.75) is 45.6 Å². The van der Waals surface area contributed by atoms with E-state index in [-0.39, 0.29) is 23.1 Å². The highest BCUT2D eigenvalue weighted by Gasteiger charge is 2.44. The number of rotatable bonds is 4. The fourth-order valence-corrected chi connectivity index (χ4v) is 6.16. The van der Waals surface area contributed by atoms with Gasteiger partial charge in [-0.3, -0.25) is 14.6 Å². The Balaban J connectivity index is 1.15. The molecular formula is C24H28N4O2S. The van der Waals surface area contributed by atoms with Crippen molar-refractivity contribution in [1.82, 2.24) is 20.2 Å². The standard InChI is InChI=1S/C24H28N4O2S/c1-16-11-19-21(31-16)12-20(27-19)23(30)28-9-6-24(7-10-28)5-4-18(13-24)22(29)26-15-17-3-2-8-25-14-17/h2-3,8,11-12,14,18,27H,4-7,9-10,13,15H2,1H3,(H,26,29). The average Bonchev–Trinajstić information content (AvgIpc) is 3.46. The number of hydrogen-bond donors (Lipinski definition) is 2. The lowest BCUT2D eigenvalue weighted by Gasteiger charge is -2.39. The van der Waals surface area contributed by atoms with Crippen LogP contribution in [0.5, 0.6) is 0 Å². The third-order valence-electron chi connectivity index (χ3n) is 7.03. The summed E-state index contributed by atoms with van der Waals surface area (Å²) in [6.45, 7) is 4.16. The zero-order valence-corrected chi connectivity index (χ0v) is 18.6. The molecule has 162 valence electrons. The third kappa shape index (κ3) is 4.11. The van der Waals surface area contributed by atoms with Crippen molar-refractivity contribution in [2.75, 3.05) is 13.1 Å². The molecule has 2 fully saturated rings. The van der Waals surface area contributed by atoms with Crippen LogP contribution in [0.3, 0.4) is 0 Å². The Hall–Kier alpha value is -2.67. The monoisotopic (exact) mass is 436 g/mol. The van der Waals surface area contributed by atoms with Gasteiger partial charge in [0, 0.05) is 42.8 Å². The van der Waals surface area contributed by atoms with Crippen molar-refractivity contribution in [2.24, 2.45) is 11.3 Å². The van der Waals surface area contributed by atoms with Crippen molar-refractivity contribution >= 4 is 33.4 Å². The first-order valence-electron chi connectivity index (χ1n) is 11.1. The molecule has 3 aromatic heterocycles. The van der Waals surface area contributed by atoms with Crippen LogP contribution in [0.2, 0.25) is 0 Å². The molecule has 1 saturated carbocycles. The molecule has 2 amide bonds. The number of aryl methyl sites for hydroxylation is 1. The molecule has 3 aromatic rings. The Bertz CT molecular complexity index is 1060. The number of nitrogens with one attached hydrogen (secondary N) is 2. The number of amides is 2. The normalized spacial score (nSPS) is 20.4. The Morgan fingerprint density at radius 2 is 2.13 bits per heavy atom. The molecule has 1 unspecified atom stereocenters. The molecular weight excluding hydrogens is 408 g/mol. The van der Waals surface area contributed by atoms with E-state index in [9.17, 15) is 9.59 Å². The van der Waals surface area contributed by atoms with E-state index in [2.05, 4.69) is 28.3 Å². The molecule has 7 heteroatoms. The van der Waals surface area contributed by atoms with Crippen molar-refractivity contribution in [3.8, 4) is 0 Å². The largest absolute Gasteiger partial charge is 0.352 e. The predicted molar refractivity (Wildman–Crippen MR) is 122 cm³/mol. The van der Waals surface area contributed by atoms with Gasteiger partial charge in [0.1, 0.15) is 5.69 Å². The lowest BCUT2D eigenvalue weighted by Crippen LogP contribution is -2.42. The lowest BCUT2D eigenvalue weighted by molar-refractivity contribution is -0.125. The van der Waals surface area contributed by atoms with Crippen molar-refractivity contribution in [3.05, 3.63) is 52.8 Å². The van der Waals surface area contributed by atoms with Gasteiger partial charge in [0.15, 0.2) is 0 Å². The van der Waals surface area contributed by atoms with Gasteiger partial charge in [-0.2, -0.15) is 0 Å². The van der Waals surface area contributed by atoms with Crippen LogP contribution in [0.15, 0.2) is 36.7 Å². The van der Waals surface area contributed by atoms with Gasteiger partial charge < -0.3 is 15.2 Å². The zero-order valence-electron chi connectivity index (χ0n) is 17.8. The Morgan fingerprint density at radius 1 is 1.29 bits per heavy atom. The van der Waals surface area contributed by atoms with E-state index in [1.165, 1.54) is 4.88 Å². The summed E-state index contributed by atoms with van der Waals surface area (Å²) in [5.41, 5.74) is 2.97. The van der Waals surface area contributed by atoms with E-state index in [4.69, 9.17) is 0 Å². The number of carbonyl (C=O) groups excluding carboxylic acids is 2. The molecule has 2 aliphatic rings. The highest BCUT2D eigenvalue weighted by Crippen LogP contribution is 2.49. The third-order valence-corrected chi connectivity index (χ3v) is 8.03. The van der Waals surface area contributed by atoms with E-state index >= 15 is 0 Å². The smallest absolute Gasteiger partial charge is 0.270 e. The molecule has 4 heterocycles. The fourth-order valence-electron chi connectivity index (χ4n) is 5.24. The van der Waals surface area contributed by atoms with E-state index in [0.29, 0.717) is 12.2 Å². The fraction of sp³-hybridized carbons (Fsp3) is 0.458. The van der Waals surface area contributed by atoms with Crippen LogP contribution in [-0.4, -0.2) is 39.8 Å². The van der Waals surface area contributed by atoms with Gasteiger partial charge >= 0.3 is 0 Å². The summed E-state index contributed by atoms with van der Waals surface area (Å²) in [4.78, 5) is 36.3. The van der Waals surface area contributed by atoms with Gasteiger partial charge in [-0.05, 0) is 68.2 Å². The molecule has 1 saturated heterocycles. The van der Waals surface area contributed by atoms with Crippen molar-refractivity contribution < 1.29 is 9.59 Å². The van der Waals surface area contributed by atoms with Crippen LogP contribution in [-0.2, 0) is 11.3 Å². The molecule has 5 rings (SSSR count). The number of pyridine rings is 1.